The average Bonchev–Trinajstić information content (AvgIpc) is 3.08. The Kier molecular flexibility index (Phi) is 4.20. The first-order valence-electron chi connectivity index (χ1n) is 5.98. The van der Waals surface area contributed by atoms with Crippen molar-refractivity contribution in [2.75, 3.05) is 13.2 Å². The number of rotatable bonds is 5. The van der Waals surface area contributed by atoms with Gasteiger partial charge < -0.3 is 15.4 Å². The van der Waals surface area contributed by atoms with Crippen LogP contribution in [0, 0.1) is 6.92 Å². The Hall–Kier alpha value is -1.29. The van der Waals surface area contributed by atoms with E-state index in [-0.39, 0.29) is 0 Å². The van der Waals surface area contributed by atoms with E-state index in [4.69, 9.17) is 17.0 Å². The molecule has 1 saturated carbocycles. The first kappa shape index (κ1) is 12.2. The van der Waals surface area contributed by atoms with Gasteiger partial charge in [0.1, 0.15) is 12.4 Å². The fraction of sp³-hybridized carbons (Fsp3) is 0.462. The Labute approximate surface area is 108 Å². The molecule has 4 heteroatoms. The molecule has 0 spiro atoms. The number of hydrogen-bond donors (Lipinski definition) is 2. The second kappa shape index (κ2) is 5.87. The maximum absolute atomic E-state index is 5.61. The van der Waals surface area contributed by atoms with E-state index in [0.717, 1.165) is 17.4 Å². The zero-order valence-corrected chi connectivity index (χ0v) is 10.8. The molecule has 1 aliphatic rings. The summed E-state index contributed by atoms with van der Waals surface area (Å²) in [6.45, 7) is 3.40. The van der Waals surface area contributed by atoms with Crippen molar-refractivity contribution in [3.63, 3.8) is 0 Å². The molecule has 0 unspecified atom stereocenters. The number of aryl methyl sites for hydroxylation is 1. The monoisotopic (exact) mass is 250 g/mol. The Morgan fingerprint density at radius 3 is 3.00 bits per heavy atom. The minimum atomic E-state index is 0.604. The zero-order chi connectivity index (χ0) is 12.1. The number of ether oxygens (including phenoxy) is 1. The highest BCUT2D eigenvalue weighted by Gasteiger charge is 2.21. The summed E-state index contributed by atoms with van der Waals surface area (Å²) < 4.78 is 5.61. The summed E-state index contributed by atoms with van der Waals surface area (Å²) in [5.41, 5.74) is 1.21. The van der Waals surface area contributed by atoms with Gasteiger partial charge in [-0.15, -0.1) is 0 Å². The van der Waals surface area contributed by atoms with Crippen molar-refractivity contribution in [1.82, 2.24) is 10.6 Å². The Balaban J connectivity index is 1.60. The number of hydrogen-bond acceptors (Lipinski definition) is 2. The third kappa shape index (κ3) is 4.61. The van der Waals surface area contributed by atoms with Crippen molar-refractivity contribution in [2.45, 2.75) is 25.8 Å². The van der Waals surface area contributed by atoms with Gasteiger partial charge in [0.2, 0.25) is 0 Å². The first-order valence-corrected chi connectivity index (χ1v) is 6.39. The summed E-state index contributed by atoms with van der Waals surface area (Å²) in [6, 6.07) is 8.65. The molecule has 0 heterocycles. The molecule has 0 amide bonds. The predicted octanol–water partition coefficient (Wildman–Crippen LogP) is 2.00. The van der Waals surface area contributed by atoms with E-state index in [9.17, 15) is 0 Å². The van der Waals surface area contributed by atoms with E-state index in [1.807, 2.05) is 18.2 Å². The predicted molar refractivity (Wildman–Crippen MR) is 73.4 cm³/mol. The molecular weight excluding hydrogens is 232 g/mol. The van der Waals surface area contributed by atoms with Crippen LogP contribution in [0.3, 0.4) is 0 Å². The number of benzene rings is 1. The van der Waals surface area contributed by atoms with Crippen molar-refractivity contribution in [3.8, 4) is 5.75 Å². The van der Waals surface area contributed by atoms with Crippen LogP contribution in [-0.4, -0.2) is 24.3 Å². The van der Waals surface area contributed by atoms with Crippen LogP contribution in [0.2, 0.25) is 0 Å². The topological polar surface area (TPSA) is 33.3 Å². The summed E-state index contributed by atoms with van der Waals surface area (Å²) in [4.78, 5) is 0. The molecule has 0 aromatic heterocycles. The third-order valence-corrected chi connectivity index (χ3v) is 2.82. The van der Waals surface area contributed by atoms with Crippen molar-refractivity contribution in [3.05, 3.63) is 29.8 Å². The normalized spacial score (nSPS) is 14.2. The maximum atomic E-state index is 5.61. The Bertz CT molecular complexity index is 391. The summed E-state index contributed by atoms with van der Waals surface area (Å²) in [5.74, 6) is 0.910. The largest absolute Gasteiger partial charge is 0.492 e. The van der Waals surface area contributed by atoms with Crippen LogP contribution in [0.5, 0.6) is 5.75 Å². The van der Waals surface area contributed by atoms with Gasteiger partial charge in [0, 0.05) is 6.04 Å². The molecule has 3 nitrogen and oxygen atoms in total. The van der Waals surface area contributed by atoms with E-state index in [1.54, 1.807) is 0 Å². The lowest BCUT2D eigenvalue weighted by Crippen LogP contribution is -2.38. The third-order valence-electron chi connectivity index (χ3n) is 2.56. The van der Waals surface area contributed by atoms with Gasteiger partial charge >= 0.3 is 0 Å². The molecule has 0 aliphatic heterocycles. The molecule has 0 atom stereocenters. The van der Waals surface area contributed by atoms with Crippen molar-refractivity contribution in [2.24, 2.45) is 0 Å². The van der Waals surface area contributed by atoms with E-state index in [2.05, 4.69) is 23.6 Å². The standard InChI is InChI=1S/C13H18N2OS/c1-10-3-2-4-12(9-10)16-8-7-14-13(17)15-11-5-6-11/h2-4,9,11H,5-8H2,1H3,(H2,14,15,17). The second-order valence-corrected chi connectivity index (χ2v) is 4.75. The SMILES string of the molecule is Cc1cccc(OCCNC(=S)NC2CC2)c1. The molecule has 17 heavy (non-hydrogen) atoms. The first-order chi connectivity index (χ1) is 8.24. The van der Waals surface area contributed by atoms with Crippen LogP contribution < -0.4 is 15.4 Å². The summed E-state index contributed by atoms with van der Waals surface area (Å²) >= 11 is 5.14. The summed E-state index contributed by atoms with van der Waals surface area (Å²) in [7, 11) is 0. The second-order valence-electron chi connectivity index (χ2n) is 4.34. The van der Waals surface area contributed by atoms with Crippen LogP contribution in [-0.2, 0) is 0 Å². The lowest BCUT2D eigenvalue weighted by molar-refractivity contribution is 0.322. The Morgan fingerprint density at radius 2 is 2.29 bits per heavy atom. The van der Waals surface area contributed by atoms with Gasteiger partial charge in [0.15, 0.2) is 5.11 Å². The highest BCUT2D eigenvalue weighted by atomic mass is 32.1. The van der Waals surface area contributed by atoms with Gasteiger partial charge in [-0.25, -0.2) is 0 Å². The van der Waals surface area contributed by atoms with Crippen LogP contribution >= 0.6 is 12.2 Å². The fourth-order valence-electron chi connectivity index (χ4n) is 1.50. The van der Waals surface area contributed by atoms with Gasteiger partial charge in [0.05, 0.1) is 6.54 Å². The van der Waals surface area contributed by atoms with E-state index >= 15 is 0 Å². The summed E-state index contributed by atoms with van der Waals surface area (Å²) in [6.07, 6.45) is 2.48. The van der Waals surface area contributed by atoms with E-state index in [0.29, 0.717) is 12.6 Å². The highest BCUT2D eigenvalue weighted by molar-refractivity contribution is 7.80. The van der Waals surface area contributed by atoms with Crippen LogP contribution in [0.1, 0.15) is 18.4 Å². The molecule has 0 saturated heterocycles. The van der Waals surface area contributed by atoms with Crippen molar-refractivity contribution < 1.29 is 4.74 Å². The Morgan fingerprint density at radius 1 is 1.47 bits per heavy atom. The molecule has 1 aliphatic carbocycles. The van der Waals surface area contributed by atoms with E-state index in [1.165, 1.54) is 18.4 Å². The van der Waals surface area contributed by atoms with Crippen molar-refractivity contribution in [1.29, 1.82) is 0 Å². The average molecular weight is 250 g/mol. The number of nitrogens with one attached hydrogen (secondary N) is 2. The smallest absolute Gasteiger partial charge is 0.166 e. The summed E-state index contributed by atoms with van der Waals surface area (Å²) in [5, 5.41) is 7.10. The highest BCUT2D eigenvalue weighted by Crippen LogP contribution is 2.18. The van der Waals surface area contributed by atoms with Gasteiger partial charge in [-0.05, 0) is 49.7 Å². The van der Waals surface area contributed by atoms with E-state index < -0.39 is 0 Å². The molecular formula is C13H18N2OS. The molecule has 1 fully saturated rings. The zero-order valence-electron chi connectivity index (χ0n) is 10.0. The molecule has 2 rings (SSSR count). The maximum Gasteiger partial charge on any atom is 0.166 e. The van der Waals surface area contributed by atoms with Crippen LogP contribution in [0.4, 0.5) is 0 Å². The van der Waals surface area contributed by atoms with Crippen LogP contribution in [0.25, 0.3) is 0 Å². The van der Waals surface area contributed by atoms with Gasteiger partial charge in [0.25, 0.3) is 0 Å². The minimum absolute atomic E-state index is 0.604. The quantitative estimate of drug-likeness (QED) is 0.618. The van der Waals surface area contributed by atoms with Gasteiger partial charge in [-0.2, -0.15) is 0 Å². The molecule has 0 bridgehead atoms. The molecule has 92 valence electrons. The lowest BCUT2D eigenvalue weighted by atomic mass is 10.2. The van der Waals surface area contributed by atoms with Crippen LogP contribution in [0.15, 0.2) is 24.3 Å². The number of thiocarbonyl (C=S) groups is 1. The van der Waals surface area contributed by atoms with Gasteiger partial charge in [-0.3, -0.25) is 0 Å². The molecule has 1 aromatic rings. The minimum Gasteiger partial charge on any atom is -0.492 e. The molecule has 0 radical (unpaired) electrons. The van der Waals surface area contributed by atoms with Gasteiger partial charge in [-0.1, -0.05) is 12.1 Å². The fourth-order valence-corrected chi connectivity index (χ4v) is 1.77. The lowest BCUT2D eigenvalue weighted by Gasteiger charge is -2.10. The van der Waals surface area contributed by atoms with Crippen molar-refractivity contribution >= 4 is 17.3 Å². The molecule has 2 N–H and O–H groups in total. The molecule has 1 aromatic carbocycles.